The molecule has 3 unspecified atom stereocenters. The van der Waals surface area contributed by atoms with Crippen LogP contribution in [0.5, 0.6) is 0 Å². The first-order valence-corrected chi connectivity index (χ1v) is 7.87. The van der Waals surface area contributed by atoms with Gasteiger partial charge in [-0.05, 0) is 39.2 Å². The first kappa shape index (κ1) is 14.0. The van der Waals surface area contributed by atoms with Gasteiger partial charge in [0.1, 0.15) is 6.33 Å². The van der Waals surface area contributed by atoms with Gasteiger partial charge in [-0.3, -0.25) is 4.90 Å². The van der Waals surface area contributed by atoms with Crippen molar-refractivity contribution in [3.05, 3.63) is 24.3 Å². The van der Waals surface area contributed by atoms with Crippen LogP contribution in [0.4, 0.5) is 0 Å². The number of rotatable bonds is 3. The summed E-state index contributed by atoms with van der Waals surface area (Å²) in [5.41, 5.74) is 0.688. The topological polar surface area (TPSA) is 49.2 Å². The summed E-state index contributed by atoms with van der Waals surface area (Å²) in [5.74, 6) is 0.420. The predicted octanol–water partition coefficient (Wildman–Crippen LogP) is 2.38. The Morgan fingerprint density at radius 1 is 1.25 bits per heavy atom. The van der Waals surface area contributed by atoms with Crippen molar-refractivity contribution in [3.8, 4) is 0 Å². The molecule has 110 valence electrons. The van der Waals surface area contributed by atoms with E-state index in [4.69, 9.17) is 0 Å². The van der Waals surface area contributed by atoms with Crippen LogP contribution in [0.15, 0.2) is 18.7 Å². The number of hydrogen-bond donors (Lipinski definition) is 1. The second kappa shape index (κ2) is 5.78. The standard InChI is InChI=1S/C16H25N3O/c1-16(20)7-3-2-5-14(16)15-6-4-8-19(15)11-13-9-17-12-18-10-13/h9-10,12,14-15,20H,2-8,11H2,1H3. The second-order valence-corrected chi connectivity index (χ2v) is 6.64. The van der Waals surface area contributed by atoms with Gasteiger partial charge in [0.2, 0.25) is 0 Å². The Labute approximate surface area is 121 Å². The van der Waals surface area contributed by atoms with Crippen LogP contribution in [0, 0.1) is 5.92 Å². The highest BCUT2D eigenvalue weighted by Gasteiger charge is 2.43. The molecule has 1 aliphatic carbocycles. The molecule has 4 nitrogen and oxygen atoms in total. The molecule has 3 atom stereocenters. The van der Waals surface area contributed by atoms with Crippen LogP contribution >= 0.6 is 0 Å². The van der Waals surface area contributed by atoms with Crippen LogP contribution in [-0.4, -0.2) is 38.2 Å². The SMILES string of the molecule is CC1(O)CCCCC1C1CCCN1Cc1cncnc1. The molecule has 2 heterocycles. The van der Waals surface area contributed by atoms with E-state index in [0.717, 1.165) is 19.5 Å². The molecule has 0 spiro atoms. The van der Waals surface area contributed by atoms with E-state index < -0.39 is 5.60 Å². The van der Waals surface area contributed by atoms with E-state index in [9.17, 15) is 5.11 Å². The van der Waals surface area contributed by atoms with Gasteiger partial charge in [-0.25, -0.2) is 9.97 Å². The summed E-state index contributed by atoms with van der Waals surface area (Å²) < 4.78 is 0. The van der Waals surface area contributed by atoms with Crippen LogP contribution in [-0.2, 0) is 6.54 Å². The highest BCUT2D eigenvalue weighted by molar-refractivity contribution is 5.05. The Kier molecular flexibility index (Phi) is 4.03. The van der Waals surface area contributed by atoms with Crippen molar-refractivity contribution in [2.24, 2.45) is 5.92 Å². The minimum absolute atomic E-state index is 0.420. The van der Waals surface area contributed by atoms with Gasteiger partial charge in [0.05, 0.1) is 5.60 Å². The second-order valence-electron chi connectivity index (χ2n) is 6.64. The predicted molar refractivity (Wildman–Crippen MR) is 78.0 cm³/mol. The molecule has 20 heavy (non-hydrogen) atoms. The Bertz CT molecular complexity index is 435. The normalized spacial score (nSPS) is 35.3. The van der Waals surface area contributed by atoms with Gasteiger partial charge < -0.3 is 5.11 Å². The lowest BCUT2D eigenvalue weighted by atomic mass is 9.72. The summed E-state index contributed by atoms with van der Waals surface area (Å²) in [5, 5.41) is 10.7. The zero-order chi connectivity index (χ0) is 14.0. The highest BCUT2D eigenvalue weighted by Crippen LogP contribution is 2.40. The van der Waals surface area contributed by atoms with Crippen LogP contribution in [0.1, 0.15) is 51.0 Å². The number of aromatic nitrogens is 2. The molecule has 1 aromatic rings. The summed E-state index contributed by atoms with van der Waals surface area (Å²) in [7, 11) is 0. The summed E-state index contributed by atoms with van der Waals surface area (Å²) in [6.07, 6.45) is 12.4. The molecule has 1 saturated carbocycles. The molecule has 1 N–H and O–H groups in total. The molecule has 0 aromatic carbocycles. The summed E-state index contributed by atoms with van der Waals surface area (Å²) in [4.78, 5) is 10.7. The smallest absolute Gasteiger partial charge is 0.115 e. The molecular formula is C16H25N3O. The largest absolute Gasteiger partial charge is 0.390 e. The van der Waals surface area contributed by atoms with E-state index in [1.165, 1.54) is 37.7 Å². The molecule has 1 aromatic heterocycles. The van der Waals surface area contributed by atoms with Crippen molar-refractivity contribution in [1.82, 2.24) is 14.9 Å². The van der Waals surface area contributed by atoms with Crippen LogP contribution in [0.3, 0.4) is 0 Å². The van der Waals surface area contributed by atoms with Gasteiger partial charge in [0.25, 0.3) is 0 Å². The molecule has 0 bridgehead atoms. The minimum Gasteiger partial charge on any atom is -0.390 e. The summed E-state index contributed by atoms with van der Waals surface area (Å²) in [6.45, 7) is 4.09. The zero-order valence-electron chi connectivity index (χ0n) is 12.3. The molecule has 4 heteroatoms. The maximum atomic E-state index is 10.7. The van der Waals surface area contributed by atoms with Gasteiger partial charge in [-0.1, -0.05) is 12.8 Å². The summed E-state index contributed by atoms with van der Waals surface area (Å²) >= 11 is 0. The minimum atomic E-state index is -0.487. The van der Waals surface area contributed by atoms with Crippen molar-refractivity contribution in [1.29, 1.82) is 0 Å². The van der Waals surface area contributed by atoms with Crippen molar-refractivity contribution >= 4 is 0 Å². The van der Waals surface area contributed by atoms with E-state index >= 15 is 0 Å². The fraction of sp³-hybridized carbons (Fsp3) is 0.750. The maximum absolute atomic E-state index is 10.7. The lowest BCUT2D eigenvalue weighted by Gasteiger charge is -2.43. The maximum Gasteiger partial charge on any atom is 0.115 e. The van der Waals surface area contributed by atoms with Gasteiger partial charge in [0.15, 0.2) is 0 Å². The third kappa shape index (κ3) is 2.86. The number of likely N-dealkylation sites (tertiary alicyclic amines) is 1. The van der Waals surface area contributed by atoms with Crippen molar-refractivity contribution < 1.29 is 5.11 Å². The van der Waals surface area contributed by atoms with Gasteiger partial charge in [0, 0.05) is 36.5 Å². The van der Waals surface area contributed by atoms with E-state index in [0.29, 0.717) is 12.0 Å². The van der Waals surface area contributed by atoms with Crippen LogP contribution in [0.25, 0.3) is 0 Å². The fourth-order valence-electron chi connectivity index (χ4n) is 4.10. The first-order chi connectivity index (χ1) is 9.67. The van der Waals surface area contributed by atoms with Crippen molar-refractivity contribution in [2.75, 3.05) is 6.54 Å². The van der Waals surface area contributed by atoms with Crippen molar-refractivity contribution in [2.45, 2.75) is 63.6 Å². The van der Waals surface area contributed by atoms with E-state index in [2.05, 4.69) is 14.9 Å². The molecule has 2 fully saturated rings. The zero-order valence-corrected chi connectivity index (χ0v) is 12.3. The Morgan fingerprint density at radius 2 is 2.05 bits per heavy atom. The number of nitrogens with zero attached hydrogens (tertiary/aromatic N) is 3. The van der Waals surface area contributed by atoms with E-state index in [-0.39, 0.29) is 0 Å². The monoisotopic (exact) mass is 275 g/mol. The summed E-state index contributed by atoms with van der Waals surface area (Å²) in [6, 6.07) is 0.519. The average Bonchev–Trinajstić information content (AvgIpc) is 2.87. The molecular weight excluding hydrogens is 250 g/mol. The molecule has 0 amide bonds. The van der Waals surface area contributed by atoms with Crippen molar-refractivity contribution in [3.63, 3.8) is 0 Å². The number of hydrogen-bond acceptors (Lipinski definition) is 4. The quantitative estimate of drug-likeness (QED) is 0.920. The van der Waals surface area contributed by atoms with Gasteiger partial charge in [-0.2, -0.15) is 0 Å². The molecule has 2 aliphatic rings. The molecule has 1 saturated heterocycles. The average molecular weight is 275 g/mol. The van der Waals surface area contributed by atoms with Gasteiger partial charge in [-0.15, -0.1) is 0 Å². The highest BCUT2D eigenvalue weighted by atomic mass is 16.3. The fourth-order valence-corrected chi connectivity index (χ4v) is 4.10. The van der Waals surface area contributed by atoms with E-state index in [1.54, 1.807) is 6.33 Å². The van der Waals surface area contributed by atoms with Crippen LogP contribution in [0.2, 0.25) is 0 Å². The molecule has 3 rings (SSSR count). The molecule has 0 radical (unpaired) electrons. The third-order valence-corrected chi connectivity index (χ3v) is 5.13. The Morgan fingerprint density at radius 3 is 2.80 bits per heavy atom. The van der Waals surface area contributed by atoms with Gasteiger partial charge >= 0.3 is 0 Å². The Balaban J connectivity index is 1.72. The first-order valence-electron chi connectivity index (χ1n) is 7.87. The third-order valence-electron chi connectivity index (χ3n) is 5.13. The van der Waals surface area contributed by atoms with Crippen LogP contribution < -0.4 is 0 Å². The van der Waals surface area contributed by atoms with E-state index in [1.807, 2.05) is 19.3 Å². The molecule has 1 aliphatic heterocycles. The lowest BCUT2D eigenvalue weighted by molar-refractivity contribution is -0.0628. The lowest BCUT2D eigenvalue weighted by Crippen LogP contribution is -2.48. The Hall–Kier alpha value is -1.00. The number of aliphatic hydroxyl groups is 1.